The Morgan fingerprint density at radius 2 is 1.00 bits per heavy atom. The topological polar surface area (TPSA) is 60.0 Å². The average Bonchev–Trinajstić information content (AvgIpc) is 0. The third kappa shape index (κ3) is 12.2. The predicted molar refractivity (Wildman–Crippen MR) is 17.3 cm³/mol. The van der Waals surface area contributed by atoms with Crippen molar-refractivity contribution in [2.24, 2.45) is 0 Å². The molecule has 0 saturated carbocycles. The molecule has 2 N–H and O–H groups in total. The van der Waals surface area contributed by atoms with Gasteiger partial charge in [0.25, 0.3) is 0 Å². The average molecular weight is 94.8 g/mol. The predicted octanol–water partition coefficient (Wildman–Crippen LogP) is -0.903. The minimum Gasteiger partial charge on any atom is -2.00 e. The van der Waals surface area contributed by atoms with E-state index in [9.17, 15) is 0 Å². The summed E-state index contributed by atoms with van der Waals surface area (Å²) in [6.45, 7) is 0. The van der Waals surface area contributed by atoms with Crippen LogP contribution in [0.1, 0.15) is 0 Å². The van der Waals surface area contributed by atoms with E-state index in [0.29, 0.717) is 0 Å². The molecule has 0 bridgehead atoms. The molecule has 0 aromatic rings. The van der Waals surface area contributed by atoms with E-state index >= 15 is 0 Å². The van der Waals surface area contributed by atoms with Crippen LogP contribution in [0.25, 0.3) is 0 Å². The Morgan fingerprint density at radius 1 is 1.00 bits per heavy atom. The zero-order valence-electron chi connectivity index (χ0n) is 2.02. The standard InChI is InChI=1S/ClH.Mg.H2O.O/h1H;;1H2;/q;+2;;-2. The van der Waals surface area contributed by atoms with Crippen LogP contribution in [0.3, 0.4) is 0 Å². The summed E-state index contributed by atoms with van der Waals surface area (Å²) in [5, 5.41) is 0. The zero-order valence-corrected chi connectivity index (χ0v) is 4.25. The third-order valence-corrected chi connectivity index (χ3v) is 0. The van der Waals surface area contributed by atoms with Gasteiger partial charge >= 0.3 is 23.1 Å². The number of rotatable bonds is 0. The van der Waals surface area contributed by atoms with Gasteiger partial charge in [-0.3, -0.25) is 0 Å². The molecule has 4 heavy (non-hydrogen) atoms. The molecule has 24 valence electrons. The molecule has 0 amide bonds. The van der Waals surface area contributed by atoms with E-state index in [1.54, 1.807) is 0 Å². The molecule has 0 atom stereocenters. The molecule has 0 unspecified atom stereocenters. The first-order valence-electron chi connectivity index (χ1n) is 0. The van der Waals surface area contributed by atoms with Crippen molar-refractivity contribution in [2.75, 3.05) is 0 Å². The molecule has 0 aliphatic carbocycles. The Balaban J connectivity index is 0. The molecule has 0 saturated heterocycles. The quantitative estimate of drug-likeness (QED) is 0.350. The molecule has 0 aliphatic rings. The summed E-state index contributed by atoms with van der Waals surface area (Å²) in [7, 11) is 0. The molecule has 0 heterocycles. The SMILES string of the molecule is Cl.O.[Mg+2].[O-2]. The summed E-state index contributed by atoms with van der Waals surface area (Å²) in [6.07, 6.45) is 0. The molecule has 0 rings (SSSR count). The van der Waals surface area contributed by atoms with Gasteiger partial charge in [-0.2, -0.15) is 0 Å². The minimum absolute atomic E-state index is 0. The van der Waals surface area contributed by atoms with Crippen LogP contribution in [0.15, 0.2) is 0 Å². The largest absolute Gasteiger partial charge is 2.00 e. The maximum absolute atomic E-state index is 0. The first kappa shape index (κ1) is 82.6. The van der Waals surface area contributed by atoms with Gasteiger partial charge in [0, 0.05) is 0 Å². The summed E-state index contributed by atoms with van der Waals surface area (Å²) in [4.78, 5) is 0. The second-order valence-corrected chi connectivity index (χ2v) is 0. The zero-order chi connectivity index (χ0) is 0. The van der Waals surface area contributed by atoms with Crippen LogP contribution in [0.2, 0.25) is 0 Å². The molecular weight excluding hydrogens is 91.8 g/mol. The maximum atomic E-state index is 0. The minimum atomic E-state index is 0. The molecule has 0 radical (unpaired) electrons. The van der Waals surface area contributed by atoms with Gasteiger partial charge in [-0.15, -0.1) is 12.4 Å². The maximum Gasteiger partial charge on any atom is 2.00 e. The van der Waals surface area contributed by atoms with E-state index in [0.717, 1.165) is 0 Å². The van der Waals surface area contributed by atoms with Gasteiger partial charge in [-0.25, -0.2) is 0 Å². The number of hydrogen-bond donors (Lipinski definition) is 0. The number of halogens is 1. The normalized spacial score (nSPS) is 0. The first-order chi connectivity index (χ1) is 0. The molecular formula is H3ClMgO2. The fraction of sp³-hybridized carbons (Fsp3) is 0. The van der Waals surface area contributed by atoms with E-state index in [4.69, 9.17) is 0 Å². The van der Waals surface area contributed by atoms with Crippen molar-refractivity contribution >= 4 is 35.5 Å². The Hall–Kier alpha value is 0.976. The van der Waals surface area contributed by atoms with Gasteiger partial charge in [-0.1, -0.05) is 0 Å². The molecule has 0 spiro atoms. The Labute approximate surface area is 46.8 Å². The monoisotopic (exact) mass is 94.0 g/mol. The summed E-state index contributed by atoms with van der Waals surface area (Å²) >= 11 is 0. The van der Waals surface area contributed by atoms with Crippen LogP contribution in [0, 0.1) is 0 Å². The van der Waals surface area contributed by atoms with E-state index in [1.807, 2.05) is 0 Å². The van der Waals surface area contributed by atoms with Crippen molar-refractivity contribution in [1.29, 1.82) is 0 Å². The molecule has 4 heteroatoms. The summed E-state index contributed by atoms with van der Waals surface area (Å²) in [5.74, 6) is 0. The Bertz CT molecular complexity index is 6.00. The van der Waals surface area contributed by atoms with Crippen LogP contribution in [0.5, 0.6) is 0 Å². The van der Waals surface area contributed by atoms with E-state index < -0.39 is 0 Å². The second kappa shape index (κ2) is 37.0. The molecule has 0 fully saturated rings. The summed E-state index contributed by atoms with van der Waals surface area (Å²) in [6, 6.07) is 0. The van der Waals surface area contributed by atoms with Crippen LogP contribution in [0.4, 0.5) is 0 Å². The first-order valence-corrected chi connectivity index (χ1v) is 0. The fourth-order valence-corrected chi connectivity index (χ4v) is 0. The number of hydrogen-bond acceptors (Lipinski definition) is 0. The van der Waals surface area contributed by atoms with Gasteiger partial charge in [0.05, 0.1) is 0 Å². The van der Waals surface area contributed by atoms with Crippen molar-refractivity contribution < 1.29 is 11.0 Å². The van der Waals surface area contributed by atoms with Gasteiger partial charge in [-0.05, 0) is 0 Å². The third-order valence-electron chi connectivity index (χ3n) is 0. The van der Waals surface area contributed by atoms with Crippen molar-refractivity contribution in [3.63, 3.8) is 0 Å². The van der Waals surface area contributed by atoms with Crippen molar-refractivity contribution in [3.05, 3.63) is 0 Å². The second-order valence-electron chi connectivity index (χ2n) is 0. The van der Waals surface area contributed by atoms with Crippen LogP contribution in [-0.2, 0) is 5.48 Å². The Kier molecular flexibility index (Phi) is 763. The summed E-state index contributed by atoms with van der Waals surface area (Å²) in [5.41, 5.74) is 0. The van der Waals surface area contributed by atoms with E-state index in [1.165, 1.54) is 0 Å². The molecule has 0 aromatic carbocycles. The van der Waals surface area contributed by atoms with E-state index in [2.05, 4.69) is 0 Å². The summed E-state index contributed by atoms with van der Waals surface area (Å²) < 4.78 is 0. The van der Waals surface area contributed by atoms with E-state index in [-0.39, 0.29) is 46.4 Å². The van der Waals surface area contributed by atoms with Crippen molar-refractivity contribution in [1.82, 2.24) is 0 Å². The van der Waals surface area contributed by atoms with Crippen LogP contribution >= 0.6 is 12.4 Å². The Morgan fingerprint density at radius 3 is 1.00 bits per heavy atom. The van der Waals surface area contributed by atoms with Gasteiger partial charge in [0.2, 0.25) is 0 Å². The van der Waals surface area contributed by atoms with Gasteiger partial charge in [0.1, 0.15) is 0 Å². The fourth-order valence-electron chi connectivity index (χ4n) is 0. The van der Waals surface area contributed by atoms with Crippen molar-refractivity contribution in [3.8, 4) is 0 Å². The van der Waals surface area contributed by atoms with Gasteiger partial charge < -0.3 is 11.0 Å². The van der Waals surface area contributed by atoms with Crippen LogP contribution < -0.4 is 0 Å². The van der Waals surface area contributed by atoms with Crippen LogP contribution in [-0.4, -0.2) is 28.5 Å². The molecule has 0 aliphatic heterocycles. The van der Waals surface area contributed by atoms with Crippen molar-refractivity contribution in [2.45, 2.75) is 0 Å². The smallest absolute Gasteiger partial charge is 2.00 e. The molecule has 0 aromatic heterocycles. The van der Waals surface area contributed by atoms with Gasteiger partial charge in [0.15, 0.2) is 0 Å². The molecule has 2 nitrogen and oxygen atoms in total.